The van der Waals surface area contributed by atoms with Crippen LogP contribution in [0.15, 0.2) is 36.7 Å². The predicted molar refractivity (Wildman–Crippen MR) is 69.0 cm³/mol. The first-order chi connectivity index (χ1) is 7.18. The van der Waals surface area contributed by atoms with Crippen molar-refractivity contribution in [2.75, 3.05) is 0 Å². The van der Waals surface area contributed by atoms with E-state index in [4.69, 9.17) is 11.6 Å². The number of aliphatic hydroxyl groups is 1. The van der Waals surface area contributed by atoms with E-state index in [1.54, 1.807) is 18.5 Å². The van der Waals surface area contributed by atoms with Crippen molar-refractivity contribution < 1.29 is 5.11 Å². The smallest absolute Gasteiger partial charge is 0.106 e. The minimum Gasteiger partial charge on any atom is -0.384 e. The van der Waals surface area contributed by atoms with Gasteiger partial charge in [-0.15, -0.1) is 0 Å². The number of hydrogen-bond donors (Lipinski definition) is 2. The molecule has 1 unspecified atom stereocenters. The molecule has 4 heteroatoms. The highest BCUT2D eigenvalue weighted by Crippen LogP contribution is 2.26. The van der Waals surface area contributed by atoms with Gasteiger partial charge < -0.3 is 10.1 Å². The molecule has 0 bridgehead atoms. The molecule has 0 radical (unpaired) electrons. The fourth-order valence-electron chi connectivity index (χ4n) is 1.38. The van der Waals surface area contributed by atoms with E-state index in [9.17, 15) is 5.11 Å². The van der Waals surface area contributed by atoms with Crippen LogP contribution < -0.4 is 0 Å². The fraction of sp³-hybridized carbons (Fsp3) is 0.0909. The molecule has 0 saturated carbocycles. The number of nitrogens with one attached hydrogen (secondary N) is 1. The topological polar surface area (TPSA) is 36.0 Å². The van der Waals surface area contributed by atoms with Gasteiger partial charge >= 0.3 is 0 Å². The number of halogens is 2. The molecule has 0 aliphatic heterocycles. The van der Waals surface area contributed by atoms with Gasteiger partial charge in [0.2, 0.25) is 0 Å². The predicted octanol–water partition coefficient (Wildman–Crippen LogP) is 3.35. The summed E-state index contributed by atoms with van der Waals surface area (Å²) in [7, 11) is 0. The Balaban J connectivity index is 2.34. The lowest BCUT2D eigenvalue weighted by molar-refractivity contribution is 0.220. The third-order valence-electron chi connectivity index (χ3n) is 2.20. The van der Waals surface area contributed by atoms with Crippen LogP contribution in [0.3, 0.4) is 0 Å². The van der Waals surface area contributed by atoms with Crippen molar-refractivity contribution >= 4 is 34.2 Å². The largest absolute Gasteiger partial charge is 0.384 e. The normalized spacial score (nSPS) is 12.7. The van der Waals surface area contributed by atoms with Gasteiger partial charge in [-0.25, -0.2) is 0 Å². The summed E-state index contributed by atoms with van der Waals surface area (Å²) >= 11 is 8.15. The SMILES string of the molecule is OC(c1cc[nH]c1)c1ccc(I)c(Cl)c1. The molecule has 2 aromatic rings. The molecule has 0 saturated heterocycles. The molecule has 0 aliphatic rings. The van der Waals surface area contributed by atoms with Crippen LogP contribution >= 0.6 is 34.2 Å². The Hall–Kier alpha value is -0.520. The summed E-state index contributed by atoms with van der Waals surface area (Å²) in [5.41, 5.74) is 1.65. The average molecular weight is 334 g/mol. The summed E-state index contributed by atoms with van der Waals surface area (Å²) in [6.07, 6.45) is 2.94. The van der Waals surface area contributed by atoms with Crippen LogP contribution in [-0.2, 0) is 0 Å². The van der Waals surface area contributed by atoms with E-state index < -0.39 is 6.10 Å². The highest BCUT2D eigenvalue weighted by molar-refractivity contribution is 14.1. The van der Waals surface area contributed by atoms with Crippen molar-refractivity contribution in [1.29, 1.82) is 0 Å². The molecule has 2 rings (SSSR count). The first-order valence-corrected chi connectivity index (χ1v) is 5.90. The Morgan fingerprint density at radius 2 is 2.07 bits per heavy atom. The molecule has 2 N–H and O–H groups in total. The van der Waals surface area contributed by atoms with E-state index in [1.165, 1.54) is 0 Å². The van der Waals surface area contributed by atoms with Gasteiger partial charge in [0.05, 0.1) is 5.02 Å². The lowest BCUT2D eigenvalue weighted by atomic mass is 10.0. The van der Waals surface area contributed by atoms with Crippen LogP contribution in [0.4, 0.5) is 0 Å². The molecule has 1 atom stereocenters. The molecule has 1 aromatic heterocycles. The quantitative estimate of drug-likeness (QED) is 0.812. The minimum atomic E-state index is -0.620. The molecule has 1 heterocycles. The van der Waals surface area contributed by atoms with Gasteiger partial charge in [-0.1, -0.05) is 17.7 Å². The zero-order valence-electron chi connectivity index (χ0n) is 7.74. The van der Waals surface area contributed by atoms with Crippen LogP contribution in [0.1, 0.15) is 17.2 Å². The Morgan fingerprint density at radius 1 is 1.27 bits per heavy atom. The zero-order valence-corrected chi connectivity index (χ0v) is 10.7. The summed E-state index contributed by atoms with van der Waals surface area (Å²) in [5, 5.41) is 10.7. The first-order valence-electron chi connectivity index (χ1n) is 4.44. The summed E-state index contributed by atoms with van der Waals surface area (Å²) in [6.45, 7) is 0. The molecule has 1 aromatic carbocycles. The maximum Gasteiger partial charge on any atom is 0.106 e. The van der Waals surface area contributed by atoms with Crippen molar-refractivity contribution in [2.45, 2.75) is 6.10 Å². The van der Waals surface area contributed by atoms with E-state index in [0.717, 1.165) is 14.7 Å². The van der Waals surface area contributed by atoms with Gasteiger partial charge in [-0.3, -0.25) is 0 Å². The van der Waals surface area contributed by atoms with Gasteiger partial charge in [0, 0.05) is 21.5 Å². The van der Waals surface area contributed by atoms with Gasteiger partial charge in [-0.05, 0) is 46.4 Å². The van der Waals surface area contributed by atoms with Gasteiger partial charge in [0.15, 0.2) is 0 Å². The molecular formula is C11H9ClINO. The average Bonchev–Trinajstić information content (AvgIpc) is 2.74. The van der Waals surface area contributed by atoms with Gasteiger partial charge in [-0.2, -0.15) is 0 Å². The molecule has 78 valence electrons. The first kappa shape index (κ1) is 11.0. The summed E-state index contributed by atoms with van der Waals surface area (Å²) in [6, 6.07) is 7.41. The van der Waals surface area contributed by atoms with Crippen molar-refractivity contribution in [2.24, 2.45) is 0 Å². The number of aliphatic hydroxyl groups excluding tert-OH is 1. The number of aromatic amines is 1. The van der Waals surface area contributed by atoms with Crippen molar-refractivity contribution in [3.8, 4) is 0 Å². The molecule has 0 spiro atoms. The second kappa shape index (κ2) is 4.55. The highest BCUT2D eigenvalue weighted by atomic mass is 127. The summed E-state index contributed by atoms with van der Waals surface area (Å²) in [4.78, 5) is 2.91. The maximum absolute atomic E-state index is 10.0. The van der Waals surface area contributed by atoms with E-state index in [1.807, 2.05) is 18.2 Å². The second-order valence-electron chi connectivity index (χ2n) is 3.22. The molecule has 2 nitrogen and oxygen atoms in total. The van der Waals surface area contributed by atoms with Crippen LogP contribution in [0.2, 0.25) is 5.02 Å². The number of benzene rings is 1. The molecule has 15 heavy (non-hydrogen) atoms. The van der Waals surface area contributed by atoms with Crippen LogP contribution in [-0.4, -0.2) is 10.1 Å². The van der Waals surface area contributed by atoms with Crippen LogP contribution in [0.25, 0.3) is 0 Å². The van der Waals surface area contributed by atoms with Gasteiger partial charge in [0.25, 0.3) is 0 Å². The summed E-state index contributed by atoms with van der Waals surface area (Å²) < 4.78 is 0.985. The Morgan fingerprint density at radius 3 is 2.67 bits per heavy atom. The number of rotatable bonds is 2. The lowest BCUT2D eigenvalue weighted by Crippen LogP contribution is -1.98. The minimum absolute atomic E-state index is 0.620. The van der Waals surface area contributed by atoms with E-state index in [2.05, 4.69) is 27.6 Å². The third-order valence-corrected chi connectivity index (χ3v) is 3.77. The molecular weight excluding hydrogens is 324 g/mol. The Bertz CT molecular complexity index is 456. The Labute approximate surface area is 106 Å². The monoisotopic (exact) mass is 333 g/mol. The maximum atomic E-state index is 10.0. The highest BCUT2D eigenvalue weighted by Gasteiger charge is 2.11. The Kier molecular flexibility index (Phi) is 3.33. The van der Waals surface area contributed by atoms with E-state index in [-0.39, 0.29) is 0 Å². The van der Waals surface area contributed by atoms with E-state index >= 15 is 0 Å². The standard InChI is InChI=1S/C11H9ClINO/c12-9-5-7(1-2-10(9)13)11(15)8-3-4-14-6-8/h1-6,11,14-15H. The fourth-order valence-corrected chi connectivity index (χ4v) is 1.91. The lowest BCUT2D eigenvalue weighted by Gasteiger charge is -2.09. The van der Waals surface area contributed by atoms with Crippen molar-refractivity contribution in [3.63, 3.8) is 0 Å². The molecule has 0 fully saturated rings. The third kappa shape index (κ3) is 2.35. The second-order valence-corrected chi connectivity index (χ2v) is 4.79. The van der Waals surface area contributed by atoms with Gasteiger partial charge in [0.1, 0.15) is 6.10 Å². The molecule has 0 aliphatic carbocycles. The van der Waals surface area contributed by atoms with Crippen molar-refractivity contribution in [3.05, 3.63) is 56.4 Å². The van der Waals surface area contributed by atoms with Crippen LogP contribution in [0, 0.1) is 3.57 Å². The van der Waals surface area contributed by atoms with Crippen LogP contribution in [0.5, 0.6) is 0 Å². The molecule has 0 amide bonds. The van der Waals surface area contributed by atoms with Crippen molar-refractivity contribution in [1.82, 2.24) is 4.98 Å². The zero-order chi connectivity index (χ0) is 10.8. The summed E-state index contributed by atoms with van der Waals surface area (Å²) in [5.74, 6) is 0. The number of hydrogen-bond acceptors (Lipinski definition) is 1. The van der Waals surface area contributed by atoms with E-state index in [0.29, 0.717) is 5.02 Å². The number of H-pyrrole nitrogens is 1. The number of aromatic nitrogens is 1.